The van der Waals surface area contributed by atoms with Crippen LogP contribution in [0, 0.1) is 20.8 Å². The van der Waals surface area contributed by atoms with Gasteiger partial charge in [0.1, 0.15) is 0 Å². The Morgan fingerprint density at radius 2 is 1.83 bits per heavy atom. The van der Waals surface area contributed by atoms with Gasteiger partial charge in [0, 0.05) is 31.3 Å². The number of hydrogen-bond acceptors (Lipinski definition) is 3. The van der Waals surface area contributed by atoms with Crippen LogP contribution in [0.1, 0.15) is 35.4 Å². The number of carbonyl (C=O) groups is 2. The normalized spacial score (nSPS) is 10.7. The molecule has 2 rings (SSSR count). The Morgan fingerprint density at radius 1 is 1.17 bits per heavy atom. The third-order valence-electron chi connectivity index (χ3n) is 4.16. The second kappa shape index (κ2) is 7.29. The number of carboxylic acid groups (broad SMARTS) is 1. The number of amides is 1. The van der Waals surface area contributed by atoms with E-state index in [1.807, 2.05) is 49.7 Å². The van der Waals surface area contributed by atoms with Gasteiger partial charge in [-0.05, 0) is 32.4 Å². The maximum atomic E-state index is 12.0. The van der Waals surface area contributed by atoms with Gasteiger partial charge in [0.05, 0.1) is 17.8 Å². The molecule has 0 aliphatic heterocycles. The molecule has 128 valence electrons. The Bertz CT molecular complexity index is 765. The highest BCUT2D eigenvalue weighted by molar-refractivity contribution is 5.80. The zero-order valence-electron chi connectivity index (χ0n) is 14.5. The SMILES string of the molecule is Cc1ccccc1-n1nc(C)c(CN(C)C(=O)CCC(=O)O)c1C. The summed E-state index contributed by atoms with van der Waals surface area (Å²) >= 11 is 0. The van der Waals surface area contributed by atoms with Crippen molar-refractivity contribution in [3.8, 4) is 5.69 Å². The number of carboxylic acids is 1. The highest BCUT2D eigenvalue weighted by atomic mass is 16.4. The third kappa shape index (κ3) is 3.82. The van der Waals surface area contributed by atoms with Crippen molar-refractivity contribution in [2.75, 3.05) is 7.05 Å². The van der Waals surface area contributed by atoms with Gasteiger partial charge in [-0.3, -0.25) is 9.59 Å². The highest BCUT2D eigenvalue weighted by Gasteiger charge is 2.18. The molecule has 0 radical (unpaired) electrons. The lowest BCUT2D eigenvalue weighted by Gasteiger charge is -2.17. The van der Waals surface area contributed by atoms with E-state index in [2.05, 4.69) is 5.10 Å². The van der Waals surface area contributed by atoms with Crippen molar-refractivity contribution in [1.82, 2.24) is 14.7 Å². The average Bonchev–Trinajstić information content (AvgIpc) is 2.81. The standard InChI is InChI=1S/C18H23N3O3/c1-12-7-5-6-8-16(12)21-14(3)15(13(2)19-21)11-20(4)17(22)9-10-18(23)24/h5-8H,9-11H2,1-4H3,(H,23,24). The van der Waals surface area contributed by atoms with Crippen molar-refractivity contribution in [1.29, 1.82) is 0 Å². The molecule has 2 aromatic rings. The number of benzene rings is 1. The largest absolute Gasteiger partial charge is 0.481 e. The fraction of sp³-hybridized carbons (Fsp3) is 0.389. The van der Waals surface area contributed by atoms with Crippen LogP contribution < -0.4 is 0 Å². The van der Waals surface area contributed by atoms with Gasteiger partial charge in [0.25, 0.3) is 0 Å². The molecule has 0 atom stereocenters. The number of nitrogens with zero attached hydrogens (tertiary/aromatic N) is 3. The van der Waals surface area contributed by atoms with Crippen molar-refractivity contribution in [3.05, 3.63) is 46.8 Å². The van der Waals surface area contributed by atoms with E-state index in [0.29, 0.717) is 6.54 Å². The first-order valence-corrected chi connectivity index (χ1v) is 7.88. The van der Waals surface area contributed by atoms with E-state index >= 15 is 0 Å². The van der Waals surface area contributed by atoms with E-state index in [1.54, 1.807) is 11.9 Å². The molecule has 0 fully saturated rings. The molecule has 0 aliphatic carbocycles. The van der Waals surface area contributed by atoms with Crippen LogP contribution in [0.25, 0.3) is 5.69 Å². The number of hydrogen-bond donors (Lipinski definition) is 1. The van der Waals surface area contributed by atoms with Gasteiger partial charge in [-0.2, -0.15) is 5.10 Å². The molecule has 0 saturated carbocycles. The quantitative estimate of drug-likeness (QED) is 0.884. The Balaban J connectivity index is 2.22. The van der Waals surface area contributed by atoms with E-state index in [4.69, 9.17) is 5.11 Å². The van der Waals surface area contributed by atoms with E-state index in [1.165, 1.54) is 0 Å². The van der Waals surface area contributed by atoms with Crippen LogP contribution >= 0.6 is 0 Å². The van der Waals surface area contributed by atoms with Crippen molar-refractivity contribution >= 4 is 11.9 Å². The Hall–Kier alpha value is -2.63. The number of aryl methyl sites for hydroxylation is 2. The first kappa shape index (κ1) is 17.7. The van der Waals surface area contributed by atoms with E-state index in [9.17, 15) is 9.59 Å². The van der Waals surface area contributed by atoms with Gasteiger partial charge in [0.2, 0.25) is 5.91 Å². The Morgan fingerprint density at radius 3 is 2.46 bits per heavy atom. The van der Waals surface area contributed by atoms with E-state index in [-0.39, 0.29) is 18.7 Å². The van der Waals surface area contributed by atoms with Gasteiger partial charge in [-0.25, -0.2) is 4.68 Å². The highest BCUT2D eigenvalue weighted by Crippen LogP contribution is 2.21. The van der Waals surface area contributed by atoms with Gasteiger partial charge in [0.15, 0.2) is 0 Å². The van der Waals surface area contributed by atoms with E-state index in [0.717, 1.165) is 28.2 Å². The first-order chi connectivity index (χ1) is 11.3. The zero-order valence-corrected chi connectivity index (χ0v) is 14.5. The summed E-state index contributed by atoms with van der Waals surface area (Å²) in [6, 6.07) is 8.01. The summed E-state index contributed by atoms with van der Waals surface area (Å²) in [5.41, 5.74) is 4.99. The molecule has 1 aromatic carbocycles. The van der Waals surface area contributed by atoms with Gasteiger partial charge < -0.3 is 10.0 Å². The molecule has 1 amide bonds. The van der Waals surface area contributed by atoms with Crippen LogP contribution in [-0.2, 0) is 16.1 Å². The minimum Gasteiger partial charge on any atom is -0.481 e. The maximum absolute atomic E-state index is 12.0. The number of carbonyl (C=O) groups excluding carboxylic acids is 1. The fourth-order valence-electron chi connectivity index (χ4n) is 2.67. The predicted molar refractivity (Wildman–Crippen MR) is 91.1 cm³/mol. The van der Waals surface area contributed by atoms with Crippen LogP contribution in [0.4, 0.5) is 0 Å². The topological polar surface area (TPSA) is 75.4 Å². The molecular formula is C18H23N3O3. The monoisotopic (exact) mass is 329 g/mol. The molecule has 0 unspecified atom stereocenters. The molecule has 1 aromatic heterocycles. The summed E-state index contributed by atoms with van der Waals surface area (Å²) in [5.74, 6) is -1.14. The zero-order chi connectivity index (χ0) is 17.9. The van der Waals surface area contributed by atoms with Crippen LogP contribution in [-0.4, -0.2) is 38.7 Å². The number of aromatic nitrogens is 2. The molecule has 0 bridgehead atoms. The summed E-state index contributed by atoms with van der Waals surface area (Å²) < 4.78 is 1.90. The number of rotatable bonds is 6. The molecule has 0 saturated heterocycles. The smallest absolute Gasteiger partial charge is 0.303 e. The van der Waals surface area contributed by atoms with Crippen molar-refractivity contribution < 1.29 is 14.7 Å². The minimum absolute atomic E-state index is 0.00978. The second-order valence-electron chi connectivity index (χ2n) is 5.99. The molecule has 0 spiro atoms. The first-order valence-electron chi connectivity index (χ1n) is 7.88. The summed E-state index contributed by atoms with van der Waals surface area (Å²) in [7, 11) is 1.69. The number of aliphatic carboxylic acids is 1. The molecule has 6 heteroatoms. The molecule has 1 N–H and O–H groups in total. The van der Waals surface area contributed by atoms with Crippen molar-refractivity contribution in [2.24, 2.45) is 0 Å². The van der Waals surface area contributed by atoms with Crippen LogP contribution in [0.15, 0.2) is 24.3 Å². The van der Waals surface area contributed by atoms with Crippen LogP contribution in [0.5, 0.6) is 0 Å². The lowest BCUT2D eigenvalue weighted by atomic mass is 10.1. The van der Waals surface area contributed by atoms with Crippen molar-refractivity contribution in [3.63, 3.8) is 0 Å². The summed E-state index contributed by atoms with van der Waals surface area (Å²) in [5, 5.41) is 13.3. The molecule has 6 nitrogen and oxygen atoms in total. The molecule has 24 heavy (non-hydrogen) atoms. The van der Waals surface area contributed by atoms with Crippen LogP contribution in [0.2, 0.25) is 0 Å². The minimum atomic E-state index is -0.962. The molecule has 1 heterocycles. The van der Waals surface area contributed by atoms with Crippen molar-refractivity contribution in [2.45, 2.75) is 40.2 Å². The maximum Gasteiger partial charge on any atom is 0.303 e. The number of para-hydroxylation sites is 1. The predicted octanol–water partition coefficient (Wildman–Crippen LogP) is 2.62. The van der Waals surface area contributed by atoms with Crippen LogP contribution in [0.3, 0.4) is 0 Å². The summed E-state index contributed by atoms with van der Waals surface area (Å²) in [6.45, 7) is 6.36. The average molecular weight is 329 g/mol. The summed E-state index contributed by atoms with van der Waals surface area (Å²) in [4.78, 5) is 24.2. The van der Waals surface area contributed by atoms with Gasteiger partial charge in [-0.15, -0.1) is 0 Å². The molecule has 0 aliphatic rings. The lowest BCUT2D eigenvalue weighted by molar-refractivity contribution is -0.140. The Kier molecular flexibility index (Phi) is 5.39. The third-order valence-corrected chi connectivity index (χ3v) is 4.16. The lowest BCUT2D eigenvalue weighted by Crippen LogP contribution is -2.27. The second-order valence-corrected chi connectivity index (χ2v) is 5.99. The van der Waals surface area contributed by atoms with Gasteiger partial charge in [-0.1, -0.05) is 18.2 Å². The Labute approximate surface area is 141 Å². The van der Waals surface area contributed by atoms with E-state index < -0.39 is 5.97 Å². The fourth-order valence-corrected chi connectivity index (χ4v) is 2.67. The van der Waals surface area contributed by atoms with Gasteiger partial charge >= 0.3 is 5.97 Å². The summed E-state index contributed by atoms with van der Waals surface area (Å²) in [6.07, 6.45) is -0.139. The molecular weight excluding hydrogens is 306 g/mol.